The summed E-state index contributed by atoms with van der Waals surface area (Å²) in [6.07, 6.45) is 0. The van der Waals surface area contributed by atoms with Crippen LogP contribution in [0.4, 0.5) is 10.1 Å². The smallest absolute Gasteiger partial charge is 0.242 e. The molecule has 2 N–H and O–H groups in total. The minimum Gasteiger partial charge on any atom is -0.376 e. The molecule has 148 valence electrons. The highest BCUT2D eigenvalue weighted by Gasteiger charge is 2.27. The molecule has 1 aliphatic heterocycles. The summed E-state index contributed by atoms with van der Waals surface area (Å²) in [5.74, 6) is -0.248. The molecule has 0 aromatic heterocycles. The Morgan fingerprint density at radius 1 is 1.19 bits per heavy atom. The molecule has 1 amide bonds. The van der Waals surface area contributed by atoms with Crippen LogP contribution in [0.15, 0.2) is 42.5 Å². The van der Waals surface area contributed by atoms with E-state index in [0.29, 0.717) is 13.1 Å². The van der Waals surface area contributed by atoms with Crippen LogP contribution in [0.3, 0.4) is 0 Å². The molecular weight excluding hydrogens is 388 g/mol. The third-order valence-electron chi connectivity index (χ3n) is 4.69. The number of amides is 1. The quantitative estimate of drug-likeness (QED) is 0.799. The molecule has 1 fully saturated rings. The first kappa shape index (κ1) is 23.2. The fourth-order valence-corrected chi connectivity index (χ4v) is 3.37. The minimum atomic E-state index is -0.274. The standard InChI is InChI=1S/C20H24FN3O.2ClH/c1-14-5-3-6-15(2)20(14)23-13-19(25)24-10-9-22-12-18(24)16-7-4-8-17(21)11-16;;/h3-8,11,18,22-23H,9-10,12-13H2,1-2H3;2*1H. The molecule has 1 unspecified atom stereocenters. The summed E-state index contributed by atoms with van der Waals surface area (Å²) in [6.45, 7) is 6.30. The van der Waals surface area contributed by atoms with Crippen LogP contribution in [0.2, 0.25) is 0 Å². The number of halogens is 3. The lowest BCUT2D eigenvalue weighted by Gasteiger charge is -2.36. The summed E-state index contributed by atoms with van der Waals surface area (Å²) in [5, 5.41) is 6.57. The number of nitrogens with one attached hydrogen (secondary N) is 2. The Labute approximate surface area is 172 Å². The van der Waals surface area contributed by atoms with Crippen molar-refractivity contribution >= 4 is 36.4 Å². The van der Waals surface area contributed by atoms with Gasteiger partial charge in [0.25, 0.3) is 0 Å². The lowest BCUT2D eigenvalue weighted by atomic mass is 10.0. The summed E-state index contributed by atoms with van der Waals surface area (Å²) in [7, 11) is 0. The second-order valence-corrected chi connectivity index (χ2v) is 6.48. The van der Waals surface area contributed by atoms with Crippen molar-refractivity contribution in [2.24, 2.45) is 0 Å². The van der Waals surface area contributed by atoms with E-state index in [2.05, 4.69) is 10.6 Å². The lowest BCUT2D eigenvalue weighted by molar-refractivity contribution is -0.132. The first-order chi connectivity index (χ1) is 12.1. The van der Waals surface area contributed by atoms with Crippen molar-refractivity contribution in [3.05, 3.63) is 65.0 Å². The molecule has 7 heteroatoms. The number of benzene rings is 2. The van der Waals surface area contributed by atoms with Gasteiger partial charge in [0, 0.05) is 25.3 Å². The van der Waals surface area contributed by atoms with E-state index in [4.69, 9.17) is 0 Å². The molecule has 1 aliphatic rings. The average Bonchev–Trinajstić information content (AvgIpc) is 2.61. The maximum absolute atomic E-state index is 13.6. The first-order valence-electron chi connectivity index (χ1n) is 8.62. The Morgan fingerprint density at radius 2 is 1.85 bits per heavy atom. The van der Waals surface area contributed by atoms with Gasteiger partial charge in [-0.15, -0.1) is 24.8 Å². The van der Waals surface area contributed by atoms with Gasteiger partial charge in [0.2, 0.25) is 5.91 Å². The van der Waals surface area contributed by atoms with E-state index in [9.17, 15) is 9.18 Å². The van der Waals surface area contributed by atoms with Crippen LogP contribution >= 0.6 is 24.8 Å². The predicted octanol–water partition coefficient (Wildman–Crippen LogP) is 3.87. The highest BCUT2D eigenvalue weighted by Crippen LogP contribution is 2.24. The maximum atomic E-state index is 13.6. The molecule has 4 nitrogen and oxygen atoms in total. The number of rotatable bonds is 4. The number of carbonyl (C=O) groups is 1. The Balaban J connectivity index is 0.00000182. The summed E-state index contributed by atoms with van der Waals surface area (Å²) < 4.78 is 13.6. The summed E-state index contributed by atoms with van der Waals surface area (Å²) >= 11 is 0. The molecule has 0 saturated carbocycles. The highest BCUT2D eigenvalue weighted by atomic mass is 35.5. The molecular formula is C20H26Cl2FN3O. The maximum Gasteiger partial charge on any atom is 0.242 e. The Hall–Kier alpha value is -1.82. The molecule has 0 radical (unpaired) electrons. The van der Waals surface area contributed by atoms with Gasteiger partial charge in [-0.3, -0.25) is 4.79 Å². The van der Waals surface area contributed by atoms with Crippen LogP contribution in [-0.4, -0.2) is 37.0 Å². The van der Waals surface area contributed by atoms with Gasteiger partial charge in [0.05, 0.1) is 12.6 Å². The molecule has 0 aliphatic carbocycles. The predicted molar refractivity (Wildman–Crippen MR) is 113 cm³/mol. The molecule has 1 atom stereocenters. The van der Waals surface area contributed by atoms with Gasteiger partial charge >= 0.3 is 0 Å². The molecule has 0 spiro atoms. The van der Waals surface area contributed by atoms with Crippen LogP contribution in [0.5, 0.6) is 0 Å². The first-order valence-corrected chi connectivity index (χ1v) is 8.62. The van der Waals surface area contributed by atoms with Crippen LogP contribution < -0.4 is 10.6 Å². The fourth-order valence-electron chi connectivity index (χ4n) is 3.37. The summed E-state index contributed by atoms with van der Waals surface area (Å²) in [6, 6.07) is 12.4. The number of hydrogen-bond acceptors (Lipinski definition) is 3. The molecule has 0 bridgehead atoms. The normalized spacial score (nSPS) is 16.1. The molecule has 1 saturated heterocycles. The zero-order valence-corrected chi connectivity index (χ0v) is 17.1. The largest absolute Gasteiger partial charge is 0.376 e. The number of aryl methyl sites for hydroxylation is 2. The zero-order valence-electron chi connectivity index (χ0n) is 15.5. The van der Waals surface area contributed by atoms with Crippen LogP contribution in [-0.2, 0) is 4.79 Å². The van der Waals surface area contributed by atoms with E-state index in [1.807, 2.05) is 43.0 Å². The Bertz CT molecular complexity index is 752. The van der Waals surface area contributed by atoms with Crippen LogP contribution in [0.1, 0.15) is 22.7 Å². The number of nitrogens with zero attached hydrogens (tertiary/aromatic N) is 1. The van der Waals surface area contributed by atoms with Crippen molar-refractivity contribution in [1.82, 2.24) is 10.2 Å². The third kappa shape index (κ3) is 5.58. The van der Waals surface area contributed by atoms with Crippen molar-refractivity contribution in [1.29, 1.82) is 0 Å². The lowest BCUT2D eigenvalue weighted by Crippen LogP contribution is -2.50. The van der Waals surface area contributed by atoms with E-state index in [0.717, 1.165) is 28.9 Å². The molecule has 3 rings (SSSR count). The van der Waals surface area contributed by atoms with E-state index < -0.39 is 0 Å². The topological polar surface area (TPSA) is 44.4 Å². The molecule has 1 heterocycles. The number of anilines is 1. The Kier molecular flexibility index (Phi) is 9.03. The number of para-hydroxylation sites is 1. The number of hydrogen-bond donors (Lipinski definition) is 2. The van der Waals surface area contributed by atoms with Crippen LogP contribution in [0, 0.1) is 19.7 Å². The average molecular weight is 414 g/mol. The molecule has 2 aromatic carbocycles. The van der Waals surface area contributed by atoms with Gasteiger partial charge < -0.3 is 15.5 Å². The number of piperazine rings is 1. The summed E-state index contributed by atoms with van der Waals surface area (Å²) in [4.78, 5) is 14.6. The van der Waals surface area contributed by atoms with Gasteiger partial charge in [-0.05, 0) is 42.7 Å². The van der Waals surface area contributed by atoms with Crippen molar-refractivity contribution in [3.63, 3.8) is 0 Å². The van der Waals surface area contributed by atoms with Gasteiger partial charge in [-0.1, -0.05) is 30.3 Å². The van der Waals surface area contributed by atoms with E-state index >= 15 is 0 Å². The third-order valence-corrected chi connectivity index (χ3v) is 4.69. The SMILES string of the molecule is Cc1cccc(C)c1NCC(=O)N1CCNCC1c1cccc(F)c1.Cl.Cl. The highest BCUT2D eigenvalue weighted by molar-refractivity contribution is 5.85. The van der Waals surface area contributed by atoms with Crippen LogP contribution in [0.25, 0.3) is 0 Å². The second kappa shape index (κ2) is 10.5. The van der Waals surface area contributed by atoms with Gasteiger partial charge in [0.15, 0.2) is 0 Å². The Morgan fingerprint density at radius 3 is 2.52 bits per heavy atom. The molecule has 27 heavy (non-hydrogen) atoms. The van der Waals surface area contributed by atoms with Gasteiger partial charge in [-0.25, -0.2) is 4.39 Å². The monoisotopic (exact) mass is 413 g/mol. The summed E-state index contributed by atoms with van der Waals surface area (Å²) in [5.41, 5.74) is 4.07. The van der Waals surface area contributed by atoms with Gasteiger partial charge in [0.1, 0.15) is 5.82 Å². The fraction of sp³-hybridized carbons (Fsp3) is 0.350. The minimum absolute atomic E-state index is 0. The van der Waals surface area contributed by atoms with Crippen molar-refractivity contribution in [3.8, 4) is 0 Å². The van der Waals surface area contributed by atoms with E-state index in [-0.39, 0.29) is 49.1 Å². The van der Waals surface area contributed by atoms with E-state index in [1.54, 1.807) is 6.07 Å². The zero-order chi connectivity index (χ0) is 17.8. The van der Waals surface area contributed by atoms with Crippen molar-refractivity contribution in [2.45, 2.75) is 19.9 Å². The molecule has 2 aromatic rings. The van der Waals surface area contributed by atoms with Crippen molar-refractivity contribution in [2.75, 3.05) is 31.5 Å². The second-order valence-electron chi connectivity index (χ2n) is 6.48. The van der Waals surface area contributed by atoms with Crippen molar-refractivity contribution < 1.29 is 9.18 Å². The number of carbonyl (C=O) groups excluding carboxylic acids is 1. The van der Waals surface area contributed by atoms with Gasteiger partial charge in [-0.2, -0.15) is 0 Å². The van der Waals surface area contributed by atoms with E-state index in [1.165, 1.54) is 12.1 Å².